The number of benzene rings is 1. The number of H-pyrrole nitrogens is 1. The lowest BCUT2D eigenvalue weighted by atomic mass is 10.0. The number of hydrogen-bond acceptors (Lipinski definition) is 2. The van der Waals surface area contributed by atoms with Crippen LogP contribution in [0, 0.1) is 0 Å². The summed E-state index contributed by atoms with van der Waals surface area (Å²) in [6.07, 6.45) is 1.53. The topological polar surface area (TPSA) is 41.6 Å². The van der Waals surface area contributed by atoms with E-state index in [4.69, 9.17) is 0 Å². The van der Waals surface area contributed by atoms with Crippen molar-refractivity contribution >= 4 is 15.9 Å². The maximum atomic E-state index is 4.14. The van der Waals surface area contributed by atoms with Crippen LogP contribution in [0.2, 0.25) is 0 Å². The van der Waals surface area contributed by atoms with Crippen LogP contribution in [-0.4, -0.2) is 15.2 Å². The Hall–Kier alpha value is -1.16. The molecule has 0 radical (unpaired) electrons. The molecule has 1 aromatic carbocycles. The van der Waals surface area contributed by atoms with Gasteiger partial charge in [0.2, 0.25) is 0 Å². The largest absolute Gasteiger partial charge is 0.263 e. The summed E-state index contributed by atoms with van der Waals surface area (Å²) in [5, 5.41) is 6.72. The molecule has 0 amide bonds. The van der Waals surface area contributed by atoms with Crippen LogP contribution in [0.4, 0.5) is 0 Å². The Labute approximate surface area is 90.7 Å². The van der Waals surface area contributed by atoms with Crippen molar-refractivity contribution in [3.8, 4) is 0 Å². The molecule has 0 saturated carbocycles. The normalized spacial score (nSPS) is 12.7. The van der Waals surface area contributed by atoms with Gasteiger partial charge in [-0.15, -0.1) is 0 Å². The number of nitrogens with one attached hydrogen (secondary N) is 1. The standard InChI is InChI=1S/C10H10BrN3/c1-7(10-12-6-13-14-10)8-3-2-4-9(11)5-8/h2-7H,1H3,(H,12,13,14)/t7-/m1/s1. The molecule has 2 aromatic rings. The third-order valence-electron chi connectivity index (χ3n) is 2.19. The monoisotopic (exact) mass is 251 g/mol. The molecular weight excluding hydrogens is 242 g/mol. The van der Waals surface area contributed by atoms with Crippen LogP contribution >= 0.6 is 15.9 Å². The molecule has 1 aromatic heterocycles. The number of nitrogens with zero attached hydrogens (tertiary/aromatic N) is 2. The van der Waals surface area contributed by atoms with Crippen LogP contribution in [0.25, 0.3) is 0 Å². The second-order valence-electron chi connectivity index (χ2n) is 3.15. The lowest BCUT2D eigenvalue weighted by Gasteiger charge is -2.08. The predicted octanol–water partition coefficient (Wildman–Crippen LogP) is 2.72. The van der Waals surface area contributed by atoms with E-state index in [0.29, 0.717) is 0 Å². The molecule has 0 aliphatic rings. The number of aromatic nitrogens is 3. The number of hydrogen-bond donors (Lipinski definition) is 1. The maximum Gasteiger partial charge on any atom is 0.137 e. The summed E-state index contributed by atoms with van der Waals surface area (Å²) in [5.41, 5.74) is 1.22. The van der Waals surface area contributed by atoms with E-state index >= 15 is 0 Å². The lowest BCUT2D eigenvalue weighted by Crippen LogP contribution is -1.98. The van der Waals surface area contributed by atoms with Crippen molar-refractivity contribution < 1.29 is 0 Å². The Morgan fingerprint density at radius 1 is 1.43 bits per heavy atom. The Morgan fingerprint density at radius 2 is 2.29 bits per heavy atom. The van der Waals surface area contributed by atoms with Crippen molar-refractivity contribution in [2.24, 2.45) is 0 Å². The average molecular weight is 252 g/mol. The molecule has 1 N–H and O–H groups in total. The molecular formula is C10H10BrN3. The van der Waals surface area contributed by atoms with Gasteiger partial charge < -0.3 is 0 Å². The molecule has 3 nitrogen and oxygen atoms in total. The van der Waals surface area contributed by atoms with Gasteiger partial charge in [0.15, 0.2) is 0 Å². The number of halogens is 1. The van der Waals surface area contributed by atoms with Crippen molar-refractivity contribution in [2.45, 2.75) is 12.8 Å². The fourth-order valence-corrected chi connectivity index (χ4v) is 1.77. The van der Waals surface area contributed by atoms with Gasteiger partial charge in [-0.25, -0.2) is 4.98 Å². The van der Waals surface area contributed by atoms with Gasteiger partial charge in [-0.2, -0.15) is 5.10 Å². The van der Waals surface area contributed by atoms with Crippen molar-refractivity contribution in [1.29, 1.82) is 0 Å². The van der Waals surface area contributed by atoms with E-state index in [1.165, 1.54) is 11.9 Å². The van der Waals surface area contributed by atoms with Gasteiger partial charge in [-0.1, -0.05) is 35.0 Å². The van der Waals surface area contributed by atoms with Crippen LogP contribution < -0.4 is 0 Å². The van der Waals surface area contributed by atoms with Crippen LogP contribution in [-0.2, 0) is 0 Å². The van der Waals surface area contributed by atoms with Gasteiger partial charge in [0, 0.05) is 10.4 Å². The minimum atomic E-state index is 0.245. The Morgan fingerprint density at radius 3 is 2.93 bits per heavy atom. The Balaban J connectivity index is 2.32. The predicted molar refractivity (Wildman–Crippen MR) is 58.0 cm³/mol. The molecule has 0 saturated heterocycles. The third kappa shape index (κ3) is 1.85. The van der Waals surface area contributed by atoms with E-state index in [1.807, 2.05) is 12.1 Å². The summed E-state index contributed by atoms with van der Waals surface area (Å²) in [7, 11) is 0. The first kappa shape index (κ1) is 9.40. The molecule has 0 fully saturated rings. The first-order chi connectivity index (χ1) is 6.77. The summed E-state index contributed by atoms with van der Waals surface area (Å²) in [5.74, 6) is 1.14. The molecule has 72 valence electrons. The first-order valence-electron chi connectivity index (χ1n) is 4.38. The molecule has 1 atom stereocenters. The molecule has 0 spiro atoms. The highest BCUT2D eigenvalue weighted by Gasteiger charge is 2.10. The summed E-state index contributed by atoms with van der Waals surface area (Å²) < 4.78 is 1.08. The van der Waals surface area contributed by atoms with E-state index < -0.39 is 0 Å². The molecule has 0 bridgehead atoms. The van der Waals surface area contributed by atoms with Gasteiger partial charge in [-0.05, 0) is 17.7 Å². The van der Waals surface area contributed by atoms with E-state index in [2.05, 4.69) is 50.2 Å². The zero-order valence-electron chi connectivity index (χ0n) is 7.74. The van der Waals surface area contributed by atoms with Crippen molar-refractivity contribution in [2.75, 3.05) is 0 Å². The first-order valence-corrected chi connectivity index (χ1v) is 5.17. The zero-order chi connectivity index (χ0) is 9.97. The fraction of sp³-hybridized carbons (Fsp3) is 0.200. The number of aromatic amines is 1. The second kappa shape index (κ2) is 3.92. The molecule has 14 heavy (non-hydrogen) atoms. The van der Waals surface area contributed by atoms with E-state index in [-0.39, 0.29) is 5.92 Å². The van der Waals surface area contributed by atoms with Crippen LogP contribution in [0.5, 0.6) is 0 Å². The summed E-state index contributed by atoms with van der Waals surface area (Å²) >= 11 is 3.45. The van der Waals surface area contributed by atoms with Crippen molar-refractivity contribution in [3.63, 3.8) is 0 Å². The summed E-state index contributed by atoms with van der Waals surface area (Å²) in [6.45, 7) is 2.10. The molecule has 1 heterocycles. The third-order valence-corrected chi connectivity index (χ3v) is 2.69. The number of rotatable bonds is 2. The highest BCUT2D eigenvalue weighted by atomic mass is 79.9. The molecule has 0 aliphatic heterocycles. The summed E-state index contributed by atoms with van der Waals surface area (Å²) in [6, 6.07) is 8.20. The zero-order valence-corrected chi connectivity index (χ0v) is 9.32. The van der Waals surface area contributed by atoms with Crippen LogP contribution in [0.1, 0.15) is 24.2 Å². The van der Waals surface area contributed by atoms with Gasteiger partial charge in [0.25, 0.3) is 0 Å². The van der Waals surface area contributed by atoms with Crippen LogP contribution in [0.15, 0.2) is 35.1 Å². The van der Waals surface area contributed by atoms with E-state index in [1.54, 1.807) is 0 Å². The SMILES string of the molecule is C[C@H](c1cccc(Br)c1)c1ncn[nH]1. The van der Waals surface area contributed by atoms with Crippen molar-refractivity contribution in [1.82, 2.24) is 15.2 Å². The quantitative estimate of drug-likeness (QED) is 0.892. The van der Waals surface area contributed by atoms with Gasteiger partial charge >= 0.3 is 0 Å². The fourth-order valence-electron chi connectivity index (χ4n) is 1.36. The van der Waals surface area contributed by atoms with Gasteiger partial charge in [0.1, 0.15) is 12.2 Å². The average Bonchev–Trinajstić information content (AvgIpc) is 2.69. The second-order valence-corrected chi connectivity index (χ2v) is 4.06. The van der Waals surface area contributed by atoms with Crippen LogP contribution in [0.3, 0.4) is 0 Å². The lowest BCUT2D eigenvalue weighted by molar-refractivity contribution is 0.822. The maximum absolute atomic E-state index is 4.14. The Kier molecular flexibility index (Phi) is 2.63. The van der Waals surface area contributed by atoms with Gasteiger partial charge in [-0.3, -0.25) is 5.10 Å². The summed E-state index contributed by atoms with van der Waals surface area (Å²) in [4.78, 5) is 4.14. The highest BCUT2D eigenvalue weighted by Crippen LogP contribution is 2.23. The van der Waals surface area contributed by atoms with Gasteiger partial charge in [0.05, 0.1) is 0 Å². The molecule has 4 heteroatoms. The molecule has 0 unspecified atom stereocenters. The molecule has 2 rings (SSSR count). The molecule has 0 aliphatic carbocycles. The minimum absolute atomic E-state index is 0.245. The van der Waals surface area contributed by atoms with E-state index in [9.17, 15) is 0 Å². The van der Waals surface area contributed by atoms with Crippen molar-refractivity contribution in [3.05, 3.63) is 46.5 Å². The minimum Gasteiger partial charge on any atom is -0.263 e. The highest BCUT2D eigenvalue weighted by molar-refractivity contribution is 9.10. The van der Waals surface area contributed by atoms with E-state index in [0.717, 1.165) is 10.3 Å². The Bertz CT molecular complexity index is 411. The smallest absolute Gasteiger partial charge is 0.137 e.